The molecule has 13 nitrogen and oxygen atoms in total. The van der Waals surface area contributed by atoms with Gasteiger partial charge in [-0.1, -0.05) is 0 Å². The molecule has 3 rings (SSSR count). The number of nitrogen functional groups attached to an aromatic ring is 1. The molecule has 0 radical (unpaired) electrons. The van der Waals surface area contributed by atoms with Crippen LogP contribution < -0.4 is 27.2 Å². The van der Waals surface area contributed by atoms with E-state index < -0.39 is 41.8 Å². The molecule has 0 aliphatic carbocycles. The molecule has 8 N–H and O–H groups in total. The predicted octanol–water partition coefficient (Wildman–Crippen LogP) is -0.164. The first kappa shape index (κ1) is 24.2. The van der Waals surface area contributed by atoms with E-state index >= 15 is 0 Å². The van der Waals surface area contributed by atoms with E-state index in [-0.39, 0.29) is 35.2 Å². The number of nitrogens with zero attached hydrogens (tertiary/aromatic N) is 1. The summed E-state index contributed by atoms with van der Waals surface area (Å²) in [6.07, 6.45) is 0.0743. The molecule has 2 heterocycles. The number of aromatic nitrogens is 2. The second-order valence-corrected chi connectivity index (χ2v) is 7.77. The van der Waals surface area contributed by atoms with Crippen LogP contribution in [0.25, 0.3) is 0 Å². The number of benzene rings is 1. The molecule has 2 aromatic rings. The fourth-order valence-corrected chi connectivity index (χ4v) is 3.67. The van der Waals surface area contributed by atoms with Gasteiger partial charge in [-0.15, -0.1) is 0 Å². The highest BCUT2D eigenvalue weighted by Gasteiger charge is 2.33. The van der Waals surface area contributed by atoms with Crippen LogP contribution in [0.1, 0.15) is 34.7 Å². The molecule has 0 saturated heterocycles. The van der Waals surface area contributed by atoms with E-state index in [4.69, 9.17) is 10.8 Å². The van der Waals surface area contributed by atoms with Gasteiger partial charge in [0.2, 0.25) is 5.95 Å². The number of carbonyl (C=O) groups is 4. The molecule has 0 fully saturated rings. The first-order chi connectivity index (χ1) is 16.2. The Kier molecular flexibility index (Phi) is 7.46. The molecule has 1 aromatic carbocycles. The van der Waals surface area contributed by atoms with Crippen LogP contribution in [0.5, 0.6) is 0 Å². The second-order valence-electron chi connectivity index (χ2n) is 7.77. The van der Waals surface area contributed by atoms with Crippen molar-refractivity contribution in [1.82, 2.24) is 15.3 Å². The molecule has 3 atom stereocenters. The quantitative estimate of drug-likeness (QED) is 0.225. The summed E-state index contributed by atoms with van der Waals surface area (Å²) in [5, 5.41) is 26.4. The maximum Gasteiger partial charge on any atom is 0.326 e. The summed E-state index contributed by atoms with van der Waals surface area (Å²) in [4.78, 5) is 64.7. The van der Waals surface area contributed by atoms with Crippen molar-refractivity contribution < 1.29 is 29.4 Å². The second kappa shape index (κ2) is 10.5. The summed E-state index contributed by atoms with van der Waals surface area (Å²) in [5.74, 6) is -3.84. The molecular weight excluding hydrogens is 448 g/mol. The number of aldehydes is 1. The Bertz CT molecular complexity index is 1150. The third-order valence-electron chi connectivity index (χ3n) is 5.46. The van der Waals surface area contributed by atoms with Gasteiger partial charge in [-0.3, -0.25) is 19.4 Å². The van der Waals surface area contributed by atoms with Crippen LogP contribution in [-0.4, -0.2) is 63.4 Å². The molecule has 1 unspecified atom stereocenters. The number of carboxylic acid groups (broad SMARTS) is 2. The number of hydrogen-bond acceptors (Lipinski definition) is 9. The molecule has 180 valence electrons. The van der Waals surface area contributed by atoms with Crippen molar-refractivity contribution in [2.45, 2.75) is 24.8 Å². The Morgan fingerprint density at radius 1 is 1.24 bits per heavy atom. The topological polar surface area (TPSA) is 217 Å². The summed E-state index contributed by atoms with van der Waals surface area (Å²) >= 11 is 0. The zero-order chi connectivity index (χ0) is 24.8. The molecule has 0 saturated carbocycles. The molecule has 34 heavy (non-hydrogen) atoms. The Morgan fingerprint density at radius 2 is 1.94 bits per heavy atom. The Morgan fingerprint density at radius 3 is 2.56 bits per heavy atom. The monoisotopic (exact) mass is 472 g/mol. The van der Waals surface area contributed by atoms with Gasteiger partial charge in [-0.2, -0.15) is 4.98 Å². The van der Waals surface area contributed by atoms with Gasteiger partial charge in [0, 0.05) is 36.7 Å². The summed E-state index contributed by atoms with van der Waals surface area (Å²) in [7, 11) is 0. The average molecular weight is 472 g/mol. The van der Waals surface area contributed by atoms with Gasteiger partial charge < -0.3 is 36.7 Å². The highest BCUT2D eigenvalue weighted by Crippen LogP contribution is 2.30. The highest BCUT2D eigenvalue weighted by molar-refractivity contribution is 5.96. The van der Waals surface area contributed by atoms with Gasteiger partial charge >= 0.3 is 11.9 Å². The van der Waals surface area contributed by atoms with E-state index in [1.807, 2.05) is 0 Å². The maximum absolute atomic E-state index is 12.3. The molecule has 1 aromatic heterocycles. The zero-order valence-electron chi connectivity index (χ0n) is 17.9. The lowest BCUT2D eigenvalue weighted by atomic mass is 9.85. The average Bonchev–Trinajstić information content (AvgIpc) is 2.79. The smallest absolute Gasteiger partial charge is 0.326 e. The van der Waals surface area contributed by atoms with Crippen molar-refractivity contribution in [1.29, 1.82) is 0 Å². The van der Waals surface area contributed by atoms with Crippen molar-refractivity contribution in [2.75, 3.05) is 29.5 Å². The highest BCUT2D eigenvalue weighted by atomic mass is 16.4. The minimum absolute atomic E-state index is 0.0434. The molecular formula is C21H24N6O7. The van der Waals surface area contributed by atoms with Crippen molar-refractivity contribution in [3.8, 4) is 0 Å². The van der Waals surface area contributed by atoms with Crippen LogP contribution in [-0.2, 0) is 14.4 Å². The van der Waals surface area contributed by atoms with Gasteiger partial charge in [-0.25, -0.2) is 4.79 Å². The normalized spacial score (nSPS) is 17.5. The summed E-state index contributed by atoms with van der Waals surface area (Å²) in [6.45, 7) is 0.716. The molecule has 1 aliphatic heterocycles. The lowest BCUT2D eigenvalue weighted by Crippen LogP contribution is -2.41. The van der Waals surface area contributed by atoms with Crippen LogP contribution in [0.3, 0.4) is 0 Å². The van der Waals surface area contributed by atoms with Gasteiger partial charge in [0.05, 0.1) is 11.5 Å². The number of fused-ring (bicyclic) bond motifs is 1. The zero-order valence-corrected chi connectivity index (χ0v) is 17.9. The van der Waals surface area contributed by atoms with Crippen LogP contribution in [0, 0.1) is 5.92 Å². The summed E-state index contributed by atoms with van der Waals surface area (Å²) < 4.78 is 0. The number of aromatic amines is 1. The predicted molar refractivity (Wildman–Crippen MR) is 121 cm³/mol. The Balaban J connectivity index is 1.62. The van der Waals surface area contributed by atoms with Crippen LogP contribution in [0.15, 0.2) is 29.1 Å². The third-order valence-corrected chi connectivity index (χ3v) is 5.46. The van der Waals surface area contributed by atoms with Gasteiger partial charge in [0.25, 0.3) is 11.5 Å². The minimum Gasteiger partial charge on any atom is -0.481 e. The lowest BCUT2D eigenvalue weighted by Gasteiger charge is -2.30. The summed E-state index contributed by atoms with van der Waals surface area (Å²) in [6, 6.07) is 4.86. The molecule has 1 aliphatic rings. The Hall–Kier alpha value is -4.42. The molecule has 13 heteroatoms. The third kappa shape index (κ3) is 5.68. The van der Waals surface area contributed by atoms with E-state index in [9.17, 15) is 29.1 Å². The van der Waals surface area contributed by atoms with Gasteiger partial charge in [0.1, 0.15) is 18.1 Å². The molecule has 0 spiro atoms. The fourth-order valence-electron chi connectivity index (χ4n) is 3.67. The maximum atomic E-state index is 12.3. The minimum atomic E-state index is -1.32. The Labute approximate surface area is 192 Å². The number of carbonyl (C=O) groups excluding carboxylic acids is 2. The number of carboxylic acids is 2. The molecule has 0 bridgehead atoms. The van der Waals surface area contributed by atoms with Gasteiger partial charge in [0.15, 0.2) is 0 Å². The van der Waals surface area contributed by atoms with E-state index in [0.717, 1.165) is 0 Å². The number of nitrogens with two attached hydrogens (primary N) is 1. The largest absolute Gasteiger partial charge is 0.481 e. The van der Waals surface area contributed by atoms with E-state index in [1.165, 1.54) is 12.1 Å². The van der Waals surface area contributed by atoms with E-state index in [0.29, 0.717) is 25.1 Å². The number of amides is 1. The molecule has 1 amide bonds. The first-order valence-electron chi connectivity index (χ1n) is 10.4. The van der Waals surface area contributed by atoms with Crippen molar-refractivity contribution in [3.63, 3.8) is 0 Å². The standard InChI is InChI=1S/C21H24N6O7/c22-21-26-17-16(19(32)27-21)13(9-28)11(8-24-17)7-23-12-3-1-10(2-4-12)18(31)25-14(20(33)34)5-6-15(29)30/h1-4,9,11,13-14,23H,5-8H2,(H,25,31)(H,29,30)(H,33,34)(H4,22,24,26,27,32)/t11-,13?,14+/m1/s1. The first-order valence-corrected chi connectivity index (χ1v) is 10.4. The van der Waals surface area contributed by atoms with Crippen molar-refractivity contribution in [3.05, 3.63) is 45.7 Å². The van der Waals surface area contributed by atoms with Crippen LogP contribution in [0.4, 0.5) is 17.5 Å². The fraction of sp³-hybridized carbons (Fsp3) is 0.333. The number of aliphatic carboxylic acids is 2. The van der Waals surface area contributed by atoms with Crippen molar-refractivity contribution in [2.24, 2.45) is 5.92 Å². The van der Waals surface area contributed by atoms with E-state index in [2.05, 4.69) is 25.9 Å². The number of rotatable bonds is 10. The number of nitrogens with one attached hydrogen (secondary N) is 4. The number of H-pyrrole nitrogens is 1. The van der Waals surface area contributed by atoms with Gasteiger partial charge in [-0.05, 0) is 30.7 Å². The SMILES string of the molecule is Nc1nc2c(c(=O)[nH]1)C(C=O)[C@H](CNc1ccc(C(=O)N[C@@H](CCC(=O)O)C(=O)O)cc1)CN2. The van der Waals surface area contributed by atoms with Crippen LogP contribution in [0.2, 0.25) is 0 Å². The van der Waals surface area contributed by atoms with E-state index in [1.54, 1.807) is 12.1 Å². The lowest BCUT2D eigenvalue weighted by molar-refractivity contribution is -0.140. The number of hydrogen-bond donors (Lipinski definition) is 7. The number of anilines is 3. The summed E-state index contributed by atoms with van der Waals surface area (Å²) in [5.41, 5.74) is 6.13. The van der Waals surface area contributed by atoms with Crippen LogP contribution >= 0.6 is 0 Å². The van der Waals surface area contributed by atoms with Crippen molar-refractivity contribution >= 4 is 41.6 Å².